The van der Waals surface area contributed by atoms with Crippen molar-refractivity contribution >= 4 is 12.0 Å². The molecule has 0 unspecified atom stereocenters. The van der Waals surface area contributed by atoms with Crippen molar-refractivity contribution in [1.82, 2.24) is 9.97 Å². The van der Waals surface area contributed by atoms with Crippen molar-refractivity contribution in [2.24, 2.45) is 5.92 Å². The van der Waals surface area contributed by atoms with Crippen LogP contribution in [0.25, 0.3) is 0 Å². The second-order valence-corrected chi connectivity index (χ2v) is 13.7. The number of ether oxygens (including phenoxy) is 6. The van der Waals surface area contributed by atoms with Crippen molar-refractivity contribution in [3.05, 3.63) is 71.4 Å². The minimum atomic E-state index is -0.724. The molecular formula is C36H47N3O7. The minimum absolute atomic E-state index is 0.0834. The van der Waals surface area contributed by atoms with Gasteiger partial charge >= 0.3 is 6.09 Å². The normalized spacial score (nSPS) is 23.5. The van der Waals surface area contributed by atoms with Gasteiger partial charge in [-0.05, 0) is 89.3 Å². The quantitative estimate of drug-likeness (QED) is 0.225. The lowest BCUT2D eigenvalue weighted by atomic mass is 9.86. The van der Waals surface area contributed by atoms with Gasteiger partial charge in [0.1, 0.15) is 29.3 Å². The molecule has 0 radical (unpaired) electrons. The Morgan fingerprint density at radius 3 is 2.15 bits per heavy atom. The first-order valence-electron chi connectivity index (χ1n) is 15.9. The van der Waals surface area contributed by atoms with Crippen LogP contribution in [0.1, 0.15) is 83.9 Å². The Morgan fingerprint density at radius 1 is 0.978 bits per heavy atom. The summed E-state index contributed by atoms with van der Waals surface area (Å²) >= 11 is 0. The molecule has 1 amide bonds. The number of rotatable bonds is 10. The fourth-order valence-corrected chi connectivity index (χ4v) is 6.52. The first kappa shape index (κ1) is 33.5. The number of anilines is 1. The van der Waals surface area contributed by atoms with E-state index in [0.717, 1.165) is 41.0 Å². The highest BCUT2D eigenvalue weighted by molar-refractivity contribution is 5.85. The molecule has 4 atom stereocenters. The Morgan fingerprint density at radius 2 is 1.59 bits per heavy atom. The van der Waals surface area contributed by atoms with E-state index >= 15 is 0 Å². The first-order chi connectivity index (χ1) is 21.7. The number of carbonyl (C=O) groups excluding carboxylic acids is 1. The van der Waals surface area contributed by atoms with E-state index in [2.05, 4.69) is 13.8 Å². The number of hydrogen-bond acceptors (Lipinski definition) is 9. The summed E-state index contributed by atoms with van der Waals surface area (Å²) in [4.78, 5) is 24.8. The Kier molecular flexibility index (Phi) is 9.52. The molecule has 1 saturated carbocycles. The third-order valence-electron chi connectivity index (χ3n) is 8.66. The summed E-state index contributed by atoms with van der Waals surface area (Å²) < 4.78 is 36.0. The maximum atomic E-state index is 13.6. The molecule has 1 saturated heterocycles. The Hall–Kier alpha value is -3.89. The van der Waals surface area contributed by atoms with Gasteiger partial charge in [0.25, 0.3) is 0 Å². The van der Waals surface area contributed by atoms with Gasteiger partial charge in [-0.25, -0.2) is 14.7 Å². The summed E-state index contributed by atoms with van der Waals surface area (Å²) in [7, 11) is 3.25. The summed E-state index contributed by atoms with van der Waals surface area (Å²) in [6, 6.07) is 15.2. The van der Waals surface area contributed by atoms with Crippen LogP contribution < -0.4 is 19.1 Å². The third-order valence-corrected chi connectivity index (χ3v) is 8.66. The average Bonchev–Trinajstić information content (AvgIpc) is 3.42. The smallest absolute Gasteiger partial charge is 0.417 e. The lowest BCUT2D eigenvalue weighted by molar-refractivity contribution is -0.171. The fraction of sp³-hybridized carbons (Fsp3) is 0.528. The van der Waals surface area contributed by atoms with Crippen LogP contribution >= 0.6 is 0 Å². The molecule has 0 N–H and O–H groups in total. The van der Waals surface area contributed by atoms with Crippen molar-refractivity contribution in [3.63, 3.8) is 0 Å². The molecule has 2 heterocycles. The predicted octanol–water partition coefficient (Wildman–Crippen LogP) is 7.44. The van der Waals surface area contributed by atoms with Gasteiger partial charge in [-0.2, -0.15) is 4.98 Å². The maximum absolute atomic E-state index is 13.6. The number of carbonyl (C=O) groups is 1. The molecule has 1 aliphatic heterocycles. The Balaban J connectivity index is 1.55. The molecule has 2 aliphatic rings. The lowest BCUT2D eigenvalue weighted by Gasteiger charge is -2.32. The molecule has 1 aromatic heterocycles. The Labute approximate surface area is 272 Å². The van der Waals surface area contributed by atoms with Gasteiger partial charge in [-0.1, -0.05) is 37.6 Å². The number of aromatic nitrogens is 2. The van der Waals surface area contributed by atoms with Gasteiger partial charge < -0.3 is 28.4 Å². The molecule has 46 heavy (non-hydrogen) atoms. The number of amides is 1. The van der Waals surface area contributed by atoms with Crippen molar-refractivity contribution in [2.75, 3.05) is 19.1 Å². The third kappa shape index (κ3) is 7.23. The second-order valence-electron chi connectivity index (χ2n) is 13.7. The van der Waals surface area contributed by atoms with Crippen LogP contribution in [-0.4, -0.2) is 53.4 Å². The summed E-state index contributed by atoms with van der Waals surface area (Å²) in [5.41, 5.74) is 1.28. The topological polar surface area (TPSA) is 101 Å². The fourth-order valence-electron chi connectivity index (χ4n) is 6.52. The van der Waals surface area contributed by atoms with E-state index < -0.39 is 23.1 Å². The maximum Gasteiger partial charge on any atom is 0.417 e. The minimum Gasteiger partial charge on any atom is -0.497 e. The van der Waals surface area contributed by atoms with Crippen molar-refractivity contribution in [2.45, 2.75) is 103 Å². The van der Waals surface area contributed by atoms with Gasteiger partial charge in [0, 0.05) is 17.7 Å². The molecule has 10 nitrogen and oxygen atoms in total. The van der Waals surface area contributed by atoms with Crippen LogP contribution in [0.3, 0.4) is 0 Å². The van der Waals surface area contributed by atoms with Crippen LogP contribution in [0.15, 0.2) is 54.7 Å². The monoisotopic (exact) mass is 633 g/mol. The number of hydrogen-bond donors (Lipinski definition) is 0. The predicted molar refractivity (Wildman–Crippen MR) is 174 cm³/mol. The number of benzene rings is 2. The zero-order valence-electron chi connectivity index (χ0n) is 28.5. The van der Waals surface area contributed by atoms with Gasteiger partial charge in [-0.15, -0.1) is 0 Å². The number of fused-ring (bicyclic) bond motifs is 1. The molecular weight excluding hydrogens is 586 g/mol. The van der Waals surface area contributed by atoms with E-state index in [1.54, 1.807) is 20.4 Å². The summed E-state index contributed by atoms with van der Waals surface area (Å²) in [5, 5.41) is 0. The zero-order valence-corrected chi connectivity index (χ0v) is 28.5. The van der Waals surface area contributed by atoms with Gasteiger partial charge in [0.05, 0.1) is 26.9 Å². The summed E-state index contributed by atoms with van der Waals surface area (Å²) in [6.45, 7) is 14.1. The lowest BCUT2D eigenvalue weighted by Crippen LogP contribution is -2.39. The van der Waals surface area contributed by atoms with Crippen LogP contribution in [0.2, 0.25) is 0 Å². The molecule has 0 spiro atoms. The highest BCUT2D eigenvalue weighted by Gasteiger charge is 2.62. The van der Waals surface area contributed by atoms with Crippen molar-refractivity contribution < 1.29 is 33.2 Å². The van der Waals surface area contributed by atoms with E-state index in [-0.39, 0.29) is 31.1 Å². The number of methoxy groups -OCH3 is 2. The molecule has 0 bridgehead atoms. The van der Waals surface area contributed by atoms with Crippen molar-refractivity contribution in [3.8, 4) is 17.4 Å². The Bertz CT molecular complexity index is 1500. The highest BCUT2D eigenvalue weighted by atomic mass is 16.8. The van der Waals surface area contributed by atoms with E-state index in [9.17, 15) is 4.79 Å². The molecule has 1 aliphatic carbocycles. The van der Waals surface area contributed by atoms with E-state index in [4.69, 9.17) is 38.4 Å². The van der Waals surface area contributed by atoms with Gasteiger partial charge in [0.15, 0.2) is 5.79 Å². The largest absolute Gasteiger partial charge is 0.497 e. The summed E-state index contributed by atoms with van der Waals surface area (Å²) in [5.74, 6) is 1.52. The van der Waals surface area contributed by atoms with Crippen LogP contribution in [-0.2, 0) is 27.4 Å². The molecule has 2 aromatic carbocycles. The van der Waals surface area contributed by atoms with Crippen LogP contribution in [0, 0.1) is 5.92 Å². The molecule has 5 rings (SSSR count). The number of nitrogens with zero attached hydrogens (tertiary/aromatic N) is 3. The van der Waals surface area contributed by atoms with Crippen LogP contribution in [0.5, 0.6) is 17.4 Å². The molecule has 2 fully saturated rings. The second kappa shape index (κ2) is 13.1. The molecule has 248 valence electrons. The van der Waals surface area contributed by atoms with Crippen molar-refractivity contribution in [1.29, 1.82) is 0 Å². The van der Waals surface area contributed by atoms with E-state index in [0.29, 0.717) is 11.8 Å². The van der Waals surface area contributed by atoms with E-state index in [1.807, 2.05) is 83.1 Å². The van der Waals surface area contributed by atoms with Gasteiger partial charge in [0.2, 0.25) is 11.8 Å². The molecule has 3 aromatic rings. The highest BCUT2D eigenvalue weighted by Crippen LogP contribution is 2.57. The average molecular weight is 634 g/mol. The zero-order chi connectivity index (χ0) is 33.3. The SMILES string of the molecule is CC[C@H]1C[C@@H](c2cnc(N(Cc3ccc(OC)cc3)C(=O)OC(C)(C)C)nc2OCc2ccc(OC)cc2)[C@]2(C)OC(C)(C)O[C@H]12. The van der Waals surface area contributed by atoms with Crippen LogP contribution in [0.4, 0.5) is 10.7 Å². The standard InChI is InChI=1S/C36H47N3O7/c1-10-25-19-29(36(7)30(25)44-35(5,6)46-36)28-20-37-32(38-31(28)43-22-24-13-17-27(42-9)18-14-24)39(33(40)45-34(2,3)4)21-23-11-15-26(41-8)16-12-23/h11-18,20,25,29-30H,10,19,21-22H2,1-9H3/t25-,29-,30+,36-/m0/s1. The van der Waals surface area contributed by atoms with Gasteiger partial charge in [-0.3, -0.25) is 0 Å². The van der Waals surface area contributed by atoms with E-state index in [1.165, 1.54) is 4.90 Å². The molecule has 10 heteroatoms. The first-order valence-corrected chi connectivity index (χ1v) is 15.9. The summed E-state index contributed by atoms with van der Waals surface area (Å²) in [6.07, 6.45) is 2.91.